The van der Waals surface area contributed by atoms with Gasteiger partial charge in [-0.2, -0.15) is 5.10 Å². The van der Waals surface area contributed by atoms with Crippen LogP contribution in [0.5, 0.6) is 0 Å². The van der Waals surface area contributed by atoms with E-state index in [1.807, 2.05) is 24.7 Å². The monoisotopic (exact) mass is 291 g/mol. The molecule has 0 aliphatic carbocycles. The van der Waals surface area contributed by atoms with Gasteiger partial charge in [-0.25, -0.2) is 0 Å². The van der Waals surface area contributed by atoms with Crippen LogP contribution in [0.3, 0.4) is 0 Å². The second-order valence-corrected chi connectivity index (χ2v) is 5.42. The highest BCUT2D eigenvalue weighted by molar-refractivity contribution is 6.31. The number of aryl methyl sites for hydroxylation is 2. The molecule has 0 aliphatic heterocycles. The molecule has 1 aromatic carbocycles. The van der Waals surface area contributed by atoms with Crippen molar-refractivity contribution < 1.29 is 0 Å². The van der Waals surface area contributed by atoms with Crippen LogP contribution in [0.2, 0.25) is 5.02 Å². The van der Waals surface area contributed by atoms with Crippen molar-refractivity contribution in [1.29, 1.82) is 0 Å². The third-order valence-electron chi connectivity index (χ3n) is 3.63. The van der Waals surface area contributed by atoms with Gasteiger partial charge in [-0.15, -0.1) is 0 Å². The highest BCUT2D eigenvalue weighted by Gasteiger charge is 2.17. The maximum atomic E-state index is 6.39. The third-order valence-corrected chi connectivity index (χ3v) is 4.12. The van der Waals surface area contributed by atoms with Crippen LogP contribution in [0.15, 0.2) is 30.3 Å². The third kappa shape index (κ3) is 3.41. The summed E-state index contributed by atoms with van der Waals surface area (Å²) in [6.45, 7) is 4.91. The largest absolute Gasteiger partial charge is 0.316 e. The molecule has 0 bridgehead atoms. The Morgan fingerprint density at radius 2 is 1.95 bits per heavy atom. The summed E-state index contributed by atoms with van der Waals surface area (Å²) >= 11 is 6.39. The molecule has 20 heavy (non-hydrogen) atoms. The molecule has 0 spiro atoms. The number of hydrogen-bond donors (Lipinski definition) is 1. The van der Waals surface area contributed by atoms with Gasteiger partial charge in [0.2, 0.25) is 0 Å². The molecule has 4 heteroatoms. The second-order valence-electron chi connectivity index (χ2n) is 5.04. The van der Waals surface area contributed by atoms with Gasteiger partial charge < -0.3 is 5.32 Å². The van der Waals surface area contributed by atoms with E-state index in [0.717, 1.165) is 35.8 Å². The lowest BCUT2D eigenvalue weighted by molar-refractivity contribution is 0.520. The predicted molar refractivity (Wildman–Crippen MR) is 84.3 cm³/mol. The van der Waals surface area contributed by atoms with E-state index in [9.17, 15) is 0 Å². The Kier molecular flexibility index (Phi) is 5.21. The van der Waals surface area contributed by atoms with E-state index in [0.29, 0.717) is 6.04 Å². The molecule has 0 saturated carbocycles. The fraction of sp³-hybridized carbons (Fsp3) is 0.438. The van der Waals surface area contributed by atoms with Crippen molar-refractivity contribution in [2.45, 2.75) is 39.3 Å². The first kappa shape index (κ1) is 15.1. The maximum absolute atomic E-state index is 6.39. The molecule has 0 saturated heterocycles. The minimum atomic E-state index is 0.358. The van der Waals surface area contributed by atoms with Crippen molar-refractivity contribution in [2.24, 2.45) is 0 Å². The molecule has 1 N–H and O–H groups in total. The Morgan fingerprint density at radius 1 is 1.25 bits per heavy atom. The SMILES string of the molecule is CCn1nc(C)c(Cl)c1CC(Cc1ccccc1)NC. The summed E-state index contributed by atoms with van der Waals surface area (Å²) in [4.78, 5) is 0. The number of benzene rings is 1. The molecule has 0 amide bonds. The van der Waals surface area contributed by atoms with Crippen LogP contribution in [0.25, 0.3) is 0 Å². The normalized spacial score (nSPS) is 12.6. The van der Waals surface area contributed by atoms with Gasteiger partial charge in [0, 0.05) is 19.0 Å². The molecule has 0 radical (unpaired) electrons. The Hall–Kier alpha value is -1.32. The van der Waals surface area contributed by atoms with Crippen molar-refractivity contribution in [1.82, 2.24) is 15.1 Å². The molecule has 3 nitrogen and oxygen atoms in total. The lowest BCUT2D eigenvalue weighted by atomic mass is 10.0. The summed E-state index contributed by atoms with van der Waals surface area (Å²) in [5.74, 6) is 0. The first-order valence-corrected chi connectivity index (χ1v) is 7.46. The van der Waals surface area contributed by atoms with E-state index in [1.165, 1.54) is 5.56 Å². The molecule has 1 aromatic heterocycles. The molecule has 2 aromatic rings. The fourth-order valence-electron chi connectivity index (χ4n) is 2.47. The molecule has 1 unspecified atom stereocenters. The van der Waals surface area contributed by atoms with E-state index < -0.39 is 0 Å². The van der Waals surface area contributed by atoms with Crippen molar-refractivity contribution >= 4 is 11.6 Å². The van der Waals surface area contributed by atoms with Gasteiger partial charge in [0.25, 0.3) is 0 Å². The van der Waals surface area contributed by atoms with E-state index >= 15 is 0 Å². The standard InChI is InChI=1S/C16H22ClN3/c1-4-20-15(16(17)12(2)19-20)11-14(18-3)10-13-8-6-5-7-9-13/h5-9,14,18H,4,10-11H2,1-3H3. The van der Waals surface area contributed by atoms with Crippen LogP contribution in [0.4, 0.5) is 0 Å². The van der Waals surface area contributed by atoms with Gasteiger partial charge in [0.05, 0.1) is 16.4 Å². The zero-order valence-electron chi connectivity index (χ0n) is 12.4. The highest BCUT2D eigenvalue weighted by atomic mass is 35.5. The van der Waals surface area contributed by atoms with Crippen molar-refractivity contribution in [3.63, 3.8) is 0 Å². The Labute approximate surface area is 126 Å². The summed E-state index contributed by atoms with van der Waals surface area (Å²) in [5, 5.41) is 8.67. The Bertz CT molecular complexity index is 548. The average Bonchev–Trinajstić information content (AvgIpc) is 2.75. The summed E-state index contributed by atoms with van der Waals surface area (Å²) in [6, 6.07) is 10.9. The first-order valence-electron chi connectivity index (χ1n) is 7.08. The summed E-state index contributed by atoms with van der Waals surface area (Å²) in [6.07, 6.45) is 1.88. The number of halogens is 1. The zero-order valence-corrected chi connectivity index (χ0v) is 13.1. The van der Waals surface area contributed by atoms with Gasteiger partial charge in [-0.3, -0.25) is 4.68 Å². The Morgan fingerprint density at radius 3 is 2.55 bits per heavy atom. The van der Waals surface area contributed by atoms with Crippen LogP contribution < -0.4 is 5.32 Å². The van der Waals surface area contributed by atoms with Crippen LogP contribution in [-0.2, 0) is 19.4 Å². The number of hydrogen-bond acceptors (Lipinski definition) is 2. The smallest absolute Gasteiger partial charge is 0.0847 e. The molecule has 0 aliphatic rings. The van der Waals surface area contributed by atoms with Gasteiger partial charge in [0.15, 0.2) is 0 Å². The van der Waals surface area contributed by atoms with E-state index in [1.54, 1.807) is 0 Å². The quantitative estimate of drug-likeness (QED) is 0.885. The molecule has 2 rings (SSSR count). The molecule has 1 atom stereocenters. The maximum Gasteiger partial charge on any atom is 0.0847 e. The topological polar surface area (TPSA) is 29.9 Å². The van der Waals surface area contributed by atoms with Gasteiger partial charge in [0.1, 0.15) is 0 Å². The Balaban J connectivity index is 2.14. The zero-order chi connectivity index (χ0) is 14.5. The van der Waals surface area contributed by atoms with Crippen LogP contribution >= 0.6 is 11.6 Å². The van der Waals surface area contributed by atoms with Crippen LogP contribution in [0, 0.1) is 6.92 Å². The minimum absolute atomic E-state index is 0.358. The number of nitrogens with zero attached hydrogens (tertiary/aromatic N) is 2. The van der Waals surface area contributed by atoms with Crippen molar-refractivity contribution in [3.8, 4) is 0 Å². The highest BCUT2D eigenvalue weighted by Crippen LogP contribution is 2.22. The molecule has 108 valence electrons. The molecule has 0 fully saturated rings. The molecular formula is C16H22ClN3. The van der Waals surface area contributed by atoms with Gasteiger partial charge in [-0.05, 0) is 32.9 Å². The summed E-state index contributed by atoms with van der Waals surface area (Å²) in [7, 11) is 2.00. The predicted octanol–water partition coefficient (Wildman–Crippen LogP) is 3.24. The summed E-state index contributed by atoms with van der Waals surface area (Å²) < 4.78 is 2.01. The average molecular weight is 292 g/mol. The van der Waals surface area contributed by atoms with E-state index in [2.05, 4.69) is 41.6 Å². The summed E-state index contributed by atoms with van der Waals surface area (Å²) in [5.41, 5.74) is 3.38. The number of rotatable bonds is 6. The lowest BCUT2D eigenvalue weighted by Gasteiger charge is -2.17. The number of likely N-dealkylation sites (N-methyl/N-ethyl adjacent to an activating group) is 1. The lowest BCUT2D eigenvalue weighted by Crippen LogP contribution is -2.31. The van der Waals surface area contributed by atoms with Gasteiger partial charge in [-0.1, -0.05) is 41.9 Å². The number of nitrogens with one attached hydrogen (secondary N) is 1. The number of aromatic nitrogens is 2. The molecule has 1 heterocycles. The minimum Gasteiger partial charge on any atom is -0.316 e. The molecular weight excluding hydrogens is 270 g/mol. The fourth-order valence-corrected chi connectivity index (χ4v) is 2.68. The second kappa shape index (κ2) is 6.91. The first-order chi connectivity index (χ1) is 9.65. The van der Waals surface area contributed by atoms with Crippen molar-refractivity contribution in [3.05, 3.63) is 52.3 Å². The van der Waals surface area contributed by atoms with Gasteiger partial charge >= 0.3 is 0 Å². The van der Waals surface area contributed by atoms with E-state index in [4.69, 9.17) is 11.6 Å². The van der Waals surface area contributed by atoms with Crippen molar-refractivity contribution in [2.75, 3.05) is 7.05 Å². The van der Waals surface area contributed by atoms with E-state index in [-0.39, 0.29) is 0 Å². The van der Waals surface area contributed by atoms with Crippen LogP contribution in [-0.4, -0.2) is 22.9 Å². The van der Waals surface area contributed by atoms with Crippen LogP contribution in [0.1, 0.15) is 23.9 Å².